The van der Waals surface area contributed by atoms with E-state index >= 15 is 0 Å². The van der Waals surface area contributed by atoms with Crippen LogP contribution in [0.5, 0.6) is 0 Å². The smallest absolute Gasteiger partial charge is 0.138 e. The molecule has 0 aromatic carbocycles. The van der Waals surface area contributed by atoms with Crippen molar-refractivity contribution in [3.63, 3.8) is 0 Å². The number of hydrogen-bond donors (Lipinski definition) is 1. The van der Waals surface area contributed by atoms with Crippen molar-refractivity contribution in [3.05, 3.63) is 42.2 Å². The van der Waals surface area contributed by atoms with Crippen LogP contribution in [0.3, 0.4) is 0 Å². The topological polar surface area (TPSA) is 55.6 Å². The van der Waals surface area contributed by atoms with E-state index in [2.05, 4.69) is 53.3 Å². The van der Waals surface area contributed by atoms with Crippen LogP contribution in [0.2, 0.25) is 0 Å². The molecule has 0 saturated carbocycles. The number of nitrogens with one attached hydrogen (secondary N) is 1. The third-order valence-electron chi connectivity index (χ3n) is 3.37. The Balaban J connectivity index is 2.13. The molecule has 2 rings (SSSR count). The summed E-state index contributed by atoms with van der Waals surface area (Å²) >= 11 is 0. The molecule has 0 aliphatic heterocycles. The maximum absolute atomic E-state index is 4.44. The molecule has 0 saturated heterocycles. The molecule has 2 heterocycles. The van der Waals surface area contributed by atoms with Gasteiger partial charge in [0.2, 0.25) is 0 Å². The van der Waals surface area contributed by atoms with Gasteiger partial charge in [-0.15, -0.1) is 0 Å². The van der Waals surface area contributed by atoms with Gasteiger partial charge in [-0.2, -0.15) is 5.10 Å². The van der Waals surface area contributed by atoms with Crippen molar-refractivity contribution in [3.8, 4) is 0 Å². The molecule has 0 spiro atoms. The highest BCUT2D eigenvalue weighted by Crippen LogP contribution is 2.17. The maximum atomic E-state index is 4.44. The Kier molecular flexibility index (Phi) is 5.87. The molecule has 0 radical (unpaired) electrons. The SMILES string of the molecule is CCCNC(Cc1ncnn1CC(C)C)c1ccncc1. The Labute approximate surface area is 126 Å². The Morgan fingerprint density at radius 2 is 2.00 bits per heavy atom. The quantitative estimate of drug-likeness (QED) is 0.811. The largest absolute Gasteiger partial charge is 0.310 e. The average molecular weight is 287 g/mol. The second-order valence-corrected chi connectivity index (χ2v) is 5.74. The summed E-state index contributed by atoms with van der Waals surface area (Å²) < 4.78 is 2.02. The number of nitrogens with zero attached hydrogens (tertiary/aromatic N) is 4. The van der Waals surface area contributed by atoms with Crippen LogP contribution in [0.4, 0.5) is 0 Å². The van der Waals surface area contributed by atoms with Gasteiger partial charge >= 0.3 is 0 Å². The van der Waals surface area contributed by atoms with Crippen molar-refractivity contribution < 1.29 is 0 Å². The molecule has 1 unspecified atom stereocenters. The van der Waals surface area contributed by atoms with Crippen molar-refractivity contribution in [2.75, 3.05) is 6.54 Å². The maximum Gasteiger partial charge on any atom is 0.138 e. The van der Waals surface area contributed by atoms with Crippen LogP contribution >= 0.6 is 0 Å². The van der Waals surface area contributed by atoms with Gasteiger partial charge in [0.15, 0.2) is 0 Å². The Morgan fingerprint density at radius 1 is 1.24 bits per heavy atom. The monoisotopic (exact) mass is 287 g/mol. The van der Waals surface area contributed by atoms with Crippen LogP contribution in [0.15, 0.2) is 30.9 Å². The first-order chi connectivity index (χ1) is 10.2. The fourth-order valence-corrected chi connectivity index (χ4v) is 2.35. The first kappa shape index (κ1) is 15.6. The lowest BCUT2D eigenvalue weighted by atomic mass is 10.0. The normalized spacial score (nSPS) is 12.8. The minimum absolute atomic E-state index is 0.253. The summed E-state index contributed by atoms with van der Waals surface area (Å²) in [6, 6.07) is 4.38. The zero-order valence-corrected chi connectivity index (χ0v) is 13.2. The molecule has 0 fully saturated rings. The summed E-state index contributed by atoms with van der Waals surface area (Å²) in [5, 5.41) is 7.94. The number of rotatable bonds is 8. The molecular weight excluding hydrogens is 262 g/mol. The van der Waals surface area contributed by atoms with Crippen LogP contribution in [-0.4, -0.2) is 26.3 Å². The van der Waals surface area contributed by atoms with Gasteiger partial charge in [0, 0.05) is 31.4 Å². The molecule has 0 amide bonds. The average Bonchev–Trinajstić information content (AvgIpc) is 2.90. The van der Waals surface area contributed by atoms with Crippen LogP contribution < -0.4 is 5.32 Å². The highest BCUT2D eigenvalue weighted by Gasteiger charge is 2.15. The molecule has 0 aliphatic rings. The Morgan fingerprint density at radius 3 is 2.67 bits per heavy atom. The van der Waals surface area contributed by atoms with Crippen LogP contribution in [0.1, 0.15) is 44.6 Å². The van der Waals surface area contributed by atoms with Crippen molar-refractivity contribution in [1.29, 1.82) is 0 Å². The van der Waals surface area contributed by atoms with E-state index < -0.39 is 0 Å². The molecule has 21 heavy (non-hydrogen) atoms. The summed E-state index contributed by atoms with van der Waals surface area (Å²) in [6.45, 7) is 8.47. The second kappa shape index (κ2) is 7.88. The van der Waals surface area contributed by atoms with Crippen molar-refractivity contribution in [2.45, 2.75) is 46.2 Å². The third-order valence-corrected chi connectivity index (χ3v) is 3.37. The van der Waals surface area contributed by atoms with Gasteiger partial charge in [-0.1, -0.05) is 20.8 Å². The molecule has 0 aliphatic carbocycles. The molecular formula is C16H25N5. The summed E-state index contributed by atoms with van der Waals surface area (Å²) in [7, 11) is 0. The van der Waals surface area contributed by atoms with E-state index in [1.807, 2.05) is 17.1 Å². The minimum Gasteiger partial charge on any atom is -0.310 e. The predicted molar refractivity (Wildman–Crippen MR) is 83.8 cm³/mol. The molecule has 114 valence electrons. The van der Waals surface area contributed by atoms with Crippen LogP contribution in [-0.2, 0) is 13.0 Å². The van der Waals surface area contributed by atoms with Crippen LogP contribution in [0, 0.1) is 5.92 Å². The van der Waals surface area contributed by atoms with Gasteiger partial charge in [0.1, 0.15) is 12.2 Å². The highest BCUT2D eigenvalue weighted by molar-refractivity contribution is 5.16. The number of hydrogen-bond acceptors (Lipinski definition) is 4. The van der Waals surface area contributed by atoms with E-state index in [4.69, 9.17) is 0 Å². The van der Waals surface area contributed by atoms with E-state index in [-0.39, 0.29) is 6.04 Å². The minimum atomic E-state index is 0.253. The Bertz CT molecular complexity index is 520. The van der Waals surface area contributed by atoms with Gasteiger partial charge < -0.3 is 5.32 Å². The summed E-state index contributed by atoms with van der Waals surface area (Å²) in [4.78, 5) is 8.54. The third kappa shape index (κ3) is 4.63. The zero-order chi connectivity index (χ0) is 15.1. The number of pyridine rings is 1. The first-order valence-corrected chi connectivity index (χ1v) is 7.70. The van der Waals surface area contributed by atoms with E-state index in [0.29, 0.717) is 5.92 Å². The molecule has 0 bridgehead atoms. The fourth-order valence-electron chi connectivity index (χ4n) is 2.35. The van der Waals surface area contributed by atoms with E-state index in [0.717, 1.165) is 31.8 Å². The lowest BCUT2D eigenvalue weighted by molar-refractivity contribution is 0.444. The van der Waals surface area contributed by atoms with Gasteiger partial charge in [0.25, 0.3) is 0 Å². The number of aromatic nitrogens is 4. The molecule has 1 atom stereocenters. The summed E-state index contributed by atoms with van der Waals surface area (Å²) in [5.74, 6) is 1.60. The van der Waals surface area contributed by atoms with Gasteiger partial charge in [0.05, 0.1) is 0 Å². The van der Waals surface area contributed by atoms with Crippen molar-refractivity contribution in [2.24, 2.45) is 5.92 Å². The van der Waals surface area contributed by atoms with Gasteiger partial charge in [-0.25, -0.2) is 9.67 Å². The highest BCUT2D eigenvalue weighted by atomic mass is 15.3. The lowest BCUT2D eigenvalue weighted by Crippen LogP contribution is -2.26. The van der Waals surface area contributed by atoms with Crippen molar-refractivity contribution >= 4 is 0 Å². The van der Waals surface area contributed by atoms with Gasteiger partial charge in [-0.3, -0.25) is 4.98 Å². The Hall–Kier alpha value is -1.75. The molecule has 5 heteroatoms. The first-order valence-electron chi connectivity index (χ1n) is 7.70. The zero-order valence-electron chi connectivity index (χ0n) is 13.2. The van der Waals surface area contributed by atoms with E-state index in [9.17, 15) is 0 Å². The molecule has 2 aromatic rings. The predicted octanol–water partition coefficient (Wildman–Crippen LogP) is 2.61. The fraction of sp³-hybridized carbons (Fsp3) is 0.562. The lowest BCUT2D eigenvalue weighted by Gasteiger charge is -2.19. The summed E-state index contributed by atoms with van der Waals surface area (Å²) in [5.41, 5.74) is 1.25. The second-order valence-electron chi connectivity index (χ2n) is 5.74. The van der Waals surface area contributed by atoms with Crippen LogP contribution in [0.25, 0.3) is 0 Å². The molecule has 2 aromatic heterocycles. The van der Waals surface area contributed by atoms with Crippen molar-refractivity contribution in [1.82, 2.24) is 25.1 Å². The van der Waals surface area contributed by atoms with E-state index in [1.165, 1.54) is 5.56 Å². The standard InChI is InChI=1S/C16H25N5/c1-4-7-18-15(14-5-8-17-9-6-14)10-16-19-12-20-21(16)11-13(2)3/h5-6,8-9,12-13,15,18H,4,7,10-11H2,1-3H3. The van der Waals surface area contributed by atoms with Gasteiger partial charge in [-0.05, 0) is 36.6 Å². The summed E-state index contributed by atoms with van der Waals surface area (Å²) in [6.07, 6.45) is 7.29. The molecule has 5 nitrogen and oxygen atoms in total. The molecule has 1 N–H and O–H groups in total. The van der Waals surface area contributed by atoms with E-state index in [1.54, 1.807) is 6.33 Å².